The van der Waals surface area contributed by atoms with Crippen molar-refractivity contribution in [3.63, 3.8) is 0 Å². The van der Waals surface area contributed by atoms with Crippen LogP contribution >= 0.6 is 15.9 Å². The molecule has 2 rings (SSSR count). The van der Waals surface area contributed by atoms with Gasteiger partial charge >= 0.3 is 6.18 Å². The second-order valence-electron chi connectivity index (χ2n) is 5.32. The van der Waals surface area contributed by atoms with Crippen molar-refractivity contribution >= 4 is 28.1 Å². The monoisotopic (exact) mass is 428 g/mol. The number of nitrogens with one attached hydrogen (secondary N) is 1. The zero-order valence-electron chi connectivity index (χ0n) is 13.8. The molecule has 26 heavy (non-hydrogen) atoms. The number of amides is 1. The van der Waals surface area contributed by atoms with Crippen molar-refractivity contribution in [1.82, 2.24) is 5.43 Å². The number of carbonyl (C=O) groups is 1. The van der Waals surface area contributed by atoms with Gasteiger partial charge in [-0.25, -0.2) is 5.43 Å². The molecule has 2 aromatic carbocycles. The summed E-state index contributed by atoms with van der Waals surface area (Å²) in [6.07, 6.45) is -2.41. The number of alkyl halides is 3. The van der Waals surface area contributed by atoms with Gasteiger partial charge in [-0.05, 0) is 57.7 Å². The van der Waals surface area contributed by atoms with E-state index in [0.29, 0.717) is 5.75 Å². The minimum atomic E-state index is -4.43. The first kappa shape index (κ1) is 20.0. The maximum absolute atomic E-state index is 12.6. The number of rotatable bonds is 6. The zero-order chi connectivity index (χ0) is 19.2. The van der Waals surface area contributed by atoms with Crippen LogP contribution in [0.5, 0.6) is 5.75 Å². The molecule has 2 aromatic rings. The summed E-state index contributed by atoms with van der Waals surface area (Å²) in [7, 11) is 0. The highest BCUT2D eigenvalue weighted by molar-refractivity contribution is 9.10. The third-order valence-corrected chi connectivity index (χ3v) is 4.00. The Hall–Kier alpha value is -2.35. The van der Waals surface area contributed by atoms with Crippen LogP contribution in [0, 0.1) is 0 Å². The molecule has 8 heteroatoms. The minimum absolute atomic E-state index is 0.221. The number of halogens is 4. The van der Waals surface area contributed by atoms with Crippen LogP contribution in [-0.4, -0.2) is 18.7 Å². The Morgan fingerprint density at radius 1 is 1.27 bits per heavy atom. The molecule has 1 amide bonds. The molecule has 1 N–H and O–H groups in total. The number of ether oxygens (including phenoxy) is 1. The Kier molecular flexibility index (Phi) is 6.79. The van der Waals surface area contributed by atoms with Gasteiger partial charge in [0.2, 0.25) is 0 Å². The summed E-state index contributed by atoms with van der Waals surface area (Å²) in [5.74, 6) is -0.0149. The second kappa shape index (κ2) is 8.84. The average molecular weight is 429 g/mol. The van der Waals surface area contributed by atoms with E-state index in [9.17, 15) is 18.0 Å². The molecule has 0 heterocycles. The van der Waals surface area contributed by atoms with Gasteiger partial charge in [-0.1, -0.05) is 25.1 Å². The first-order valence-electron chi connectivity index (χ1n) is 7.70. The molecule has 0 bridgehead atoms. The number of aryl methyl sites for hydroxylation is 1. The smallest absolute Gasteiger partial charge is 0.416 e. The van der Waals surface area contributed by atoms with Crippen LogP contribution in [0.25, 0.3) is 0 Å². The Morgan fingerprint density at radius 3 is 2.69 bits per heavy atom. The molecule has 0 aliphatic carbocycles. The highest BCUT2D eigenvalue weighted by Crippen LogP contribution is 2.29. The predicted octanol–water partition coefficient (Wildman–Crippen LogP) is 4.56. The van der Waals surface area contributed by atoms with E-state index in [1.165, 1.54) is 12.1 Å². The topological polar surface area (TPSA) is 50.7 Å². The van der Waals surface area contributed by atoms with Crippen molar-refractivity contribution in [2.75, 3.05) is 6.61 Å². The molecule has 0 saturated carbocycles. The van der Waals surface area contributed by atoms with E-state index in [-0.39, 0.29) is 12.2 Å². The number of nitrogens with zero attached hydrogens (tertiary/aromatic N) is 1. The Morgan fingerprint density at radius 2 is 2.04 bits per heavy atom. The third-order valence-electron chi connectivity index (χ3n) is 3.38. The molecule has 0 aromatic heterocycles. The standard InChI is InChI=1S/C18H16BrF3N2O2/c1-2-12-6-7-16(15(19)9-12)26-11-17(25)24-23-10-13-4-3-5-14(8-13)18(20,21)22/h3-10H,2,11H2,1H3,(H,24,25)/b23-10+. The van der Waals surface area contributed by atoms with Crippen LogP contribution in [0.15, 0.2) is 52.0 Å². The van der Waals surface area contributed by atoms with Crippen molar-refractivity contribution in [1.29, 1.82) is 0 Å². The normalized spacial score (nSPS) is 11.6. The fraction of sp³-hybridized carbons (Fsp3) is 0.222. The van der Waals surface area contributed by atoms with Crippen LogP contribution in [0.2, 0.25) is 0 Å². The zero-order valence-corrected chi connectivity index (χ0v) is 15.4. The molecular weight excluding hydrogens is 413 g/mol. The summed E-state index contributed by atoms with van der Waals surface area (Å²) in [5, 5.41) is 3.64. The van der Waals surface area contributed by atoms with E-state index in [1.807, 2.05) is 19.1 Å². The lowest BCUT2D eigenvalue weighted by Crippen LogP contribution is -2.24. The SMILES string of the molecule is CCc1ccc(OCC(=O)N/N=C/c2cccc(C(F)(F)F)c2)c(Br)c1. The molecule has 0 aliphatic heterocycles. The molecule has 0 unspecified atom stereocenters. The lowest BCUT2D eigenvalue weighted by atomic mass is 10.1. The Balaban J connectivity index is 1.88. The Bertz CT molecular complexity index is 807. The van der Waals surface area contributed by atoms with Gasteiger partial charge in [0.1, 0.15) is 5.75 Å². The molecule has 0 atom stereocenters. The molecule has 0 spiro atoms. The van der Waals surface area contributed by atoms with E-state index in [2.05, 4.69) is 26.5 Å². The van der Waals surface area contributed by atoms with Crippen molar-refractivity contribution in [2.24, 2.45) is 5.10 Å². The minimum Gasteiger partial charge on any atom is -0.483 e. The first-order valence-corrected chi connectivity index (χ1v) is 8.49. The predicted molar refractivity (Wildman–Crippen MR) is 96.2 cm³/mol. The van der Waals surface area contributed by atoms with Gasteiger partial charge in [0.05, 0.1) is 16.3 Å². The fourth-order valence-corrected chi connectivity index (χ4v) is 2.57. The van der Waals surface area contributed by atoms with Gasteiger partial charge < -0.3 is 4.74 Å². The van der Waals surface area contributed by atoms with Gasteiger partial charge in [-0.15, -0.1) is 0 Å². The lowest BCUT2D eigenvalue weighted by molar-refractivity contribution is -0.137. The van der Waals surface area contributed by atoms with Gasteiger partial charge in [-0.3, -0.25) is 4.79 Å². The summed E-state index contributed by atoms with van der Waals surface area (Å²) in [6, 6.07) is 10.2. The summed E-state index contributed by atoms with van der Waals surface area (Å²) in [4.78, 5) is 11.7. The molecule has 138 valence electrons. The maximum atomic E-state index is 12.6. The van der Waals surface area contributed by atoms with E-state index >= 15 is 0 Å². The first-order chi connectivity index (χ1) is 12.3. The molecule has 0 fully saturated rings. The third kappa shape index (κ3) is 5.87. The van der Waals surface area contributed by atoms with Crippen molar-refractivity contribution < 1.29 is 22.7 Å². The number of benzene rings is 2. The van der Waals surface area contributed by atoms with Gasteiger partial charge in [0, 0.05) is 0 Å². The van der Waals surface area contributed by atoms with Gasteiger partial charge in [0.25, 0.3) is 5.91 Å². The van der Waals surface area contributed by atoms with E-state index in [1.54, 1.807) is 6.07 Å². The fourth-order valence-electron chi connectivity index (χ4n) is 2.03. The van der Waals surface area contributed by atoms with E-state index in [0.717, 1.165) is 34.8 Å². The van der Waals surface area contributed by atoms with Gasteiger partial charge in [0.15, 0.2) is 6.61 Å². The van der Waals surface area contributed by atoms with Crippen molar-refractivity contribution in [3.8, 4) is 5.75 Å². The lowest BCUT2D eigenvalue weighted by Gasteiger charge is -2.08. The Labute approximate surface area is 157 Å². The van der Waals surface area contributed by atoms with Crippen LogP contribution in [0.4, 0.5) is 13.2 Å². The summed E-state index contributed by atoms with van der Waals surface area (Å²) >= 11 is 3.37. The highest BCUT2D eigenvalue weighted by Gasteiger charge is 2.30. The molecule has 4 nitrogen and oxygen atoms in total. The number of hydrogen-bond acceptors (Lipinski definition) is 3. The van der Waals surface area contributed by atoms with Crippen molar-refractivity contribution in [2.45, 2.75) is 19.5 Å². The van der Waals surface area contributed by atoms with Crippen LogP contribution < -0.4 is 10.2 Å². The number of carbonyl (C=O) groups excluding carboxylic acids is 1. The van der Waals surface area contributed by atoms with E-state index in [4.69, 9.17) is 4.74 Å². The van der Waals surface area contributed by atoms with Crippen LogP contribution in [-0.2, 0) is 17.4 Å². The van der Waals surface area contributed by atoms with E-state index < -0.39 is 17.6 Å². The molecule has 0 radical (unpaired) electrons. The average Bonchev–Trinajstić information content (AvgIpc) is 2.60. The van der Waals surface area contributed by atoms with Gasteiger partial charge in [-0.2, -0.15) is 18.3 Å². The quantitative estimate of drug-likeness (QED) is 0.541. The summed E-state index contributed by atoms with van der Waals surface area (Å²) in [5.41, 5.74) is 2.78. The molecule has 0 saturated heterocycles. The summed E-state index contributed by atoms with van der Waals surface area (Å²) < 4.78 is 44.0. The summed E-state index contributed by atoms with van der Waals surface area (Å²) in [6.45, 7) is 1.75. The highest BCUT2D eigenvalue weighted by atomic mass is 79.9. The molecule has 0 aliphatic rings. The largest absolute Gasteiger partial charge is 0.483 e. The second-order valence-corrected chi connectivity index (χ2v) is 6.18. The maximum Gasteiger partial charge on any atom is 0.416 e. The number of hydrazone groups is 1. The van der Waals surface area contributed by atoms with Crippen molar-refractivity contribution in [3.05, 3.63) is 63.6 Å². The van der Waals surface area contributed by atoms with Crippen LogP contribution in [0.3, 0.4) is 0 Å². The molecular formula is C18H16BrF3N2O2. The van der Waals surface area contributed by atoms with Crippen LogP contribution in [0.1, 0.15) is 23.6 Å². The number of hydrogen-bond donors (Lipinski definition) is 1.